The summed E-state index contributed by atoms with van der Waals surface area (Å²) >= 11 is 0. The molecule has 1 heterocycles. The van der Waals surface area contributed by atoms with Gasteiger partial charge in [0.1, 0.15) is 0 Å². The topological polar surface area (TPSA) is 75.8 Å². The van der Waals surface area contributed by atoms with Crippen LogP contribution < -0.4 is 22.8 Å². The van der Waals surface area contributed by atoms with Crippen molar-refractivity contribution in [2.45, 2.75) is 84.7 Å². The highest BCUT2D eigenvalue weighted by atomic mass is 35.5. The molecule has 1 aromatic rings. The van der Waals surface area contributed by atoms with Crippen molar-refractivity contribution < 1.29 is 27.3 Å². The standard InChI is InChI=1S/C27H39N3O2.ClH/c1-17(29-30-25(32)18-10-14-28-15-11-18)22-6-7-23-21-5-4-19-16-20(31)8-12-26(19,2)24(21)9-13-27(22,23)3;/h10-11,14-15,19-24,31H,4-9,12-13,16H2,1-3H3,(H,30,32);1H/t19-,20?,21?,22?,23?,24?,26?,27?;/m0./s1. The lowest BCUT2D eigenvalue weighted by atomic mass is 9.44. The quantitative estimate of drug-likeness (QED) is 0.517. The molecular formula is C27H40ClN3O2. The fourth-order valence-electron chi connectivity index (χ4n) is 8.74. The summed E-state index contributed by atoms with van der Waals surface area (Å²) in [5, 5.41) is 14.9. The Bertz CT molecular complexity index is 893. The van der Waals surface area contributed by atoms with Crippen molar-refractivity contribution in [1.82, 2.24) is 5.43 Å². The summed E-state index contributed by atoms with van der Waals surface area (Å²) in [6, 6.07) is 3.55. The molecule has 0 bridgehead atoms. The van der Waals surface area contributed by atoms with Crippen molar-refractivity contribution >= 4 is 11.6 Å². The zero-order valence-electron chi connectivity index (χ0n) is 20.3. The number of hydrogen-bond acceptors (Lipinski definition) is 3. The summed E-state index contributed by atoms with van der Waals surface area (Å²) in [4.78, 5) is 15.4. The van der Waals surface area contributed by atoms with Crippen LogP contribution in [0, 0.1) is 40.4 Å². The summed E-state index contributed by atoms with van der Waals surface area (Å²) in [5.41, 5.74) is 5.23. The lowest BCUT2D eigenvalue weighted by Crippen LogP contribution is -3.00. The molecule has 0 aliphatic heterocycles. The van der Waals surface area contributed by atoms with E-state index in [1.54, 1.807) is 24.5 Å². The minimum Gasteiger partial charge on any atom is -1.00 e. The molecule has 4 saturated carbocycles. The summed E-state index contributed by atoms with van der Waals surface area (Å²) in [7, 11) is 0. The number of fused-ring (bicyclic) bond motifs is 5. The van der Waals surface area contributed by atoms with E-state index in [0.717, 1.165) is 36.3 Å². The van der Waals surface area contributed by atoms with Crippen LogP contribution in [0.1, 0.15) is 88.9 Å². The molecule has 5 nitrogen and oxygen atoms in total. The van der Waals surface area contributed by atoms with Gasteiger partial charge in [0.2, 0.25) is 0 Å². The average Bonchev–Trinajstić information content (AvgIpc) is 3.15. The third-order valence-corrected chi connectivity index (χ3v) is 10.5. The monoisotopic (exact) mass is 473 g/mol. The molecule has 6 heteroatoms. The number of pyridine rings is 1. The minimum absolute atomic E-state index is 0. The van der Waals surface area contributed by atoms with E-state index in [0.29, 0.717) is 28.2 Å². The molecule has 33 heavy (non-hydrogen) atoms. The number of H-pyrrole nitrogens is 1. The van der Waals surface area contributed by atoms with Gasteiger partial charge in [-0.05, 0) is 99.2 Å². The van der Waals surface area contributed by atoms with Crippen molar-refractivity contribution in [2.75, 3.05) is 0 Å². The maximum atomic E-state index is 12.5. The highest BCUT2D eigenvalue weighted by molar-refractivity contribution is 5.95. The van der Waals surface area contributed by atoms with Crippen molar-refractivity contribution in [3.8, 4) is 0 Å². The second-order valence-corrected chi connectivity index (χ2v) is 11.7. The Morgan fingerprint density at radius 1 is 1.03 bits per heavy atom. The Morgan fingerprint density at radius 3 is 2.48 bits per heavy atom. The summed E-state index contributed by atoms with van der Waals surface area (Å²) in [6.07, 6.45) is 14.4. The molecule has 0 saturated heterocycles. The maximum Gasteiger partial charge on any atom is 0.271 e. The van der Waals surface area contributed by atoms with Crippen molar-refractivity contribution in [3.05, 3.63) is 30.1 Å². The zero-order valence-corrected chi connectivity index (χ0v) is 21.1. The fraction of sp³-hybridized carbons (Fsp3) is 0.741. The largest absolute Gasteiger partial charge is 1.00 e. The Kier molecular flexibility index (Phi) is 6.95. The third kappa shape index (κ3) is 4.14. The zero-order chi connectivity index (χ0) is 22.5. The number of hydrazone groups is 1. The van der Waals surface area contributed by atoms with Crippen molar-refractivity contribution in [3.63, 3.8) is 0 Å². The highest BCUT2D eigenvalue weighted by Crippen LogP contribution is 2.67. The van der Waals surface area contributed by atoms with Crippen molar-refractivity contribution in [2.24, 2.45) is 45.5 Å². The molecule has 1 aromatic heterocycles. The van der Waals surface area contributed by atoms with E-state index in [-0.39, 0.29) is 24.4 Å². The van der Waals surface area contributed by atoms with Gasteiger partial charge in [0, 0.05) is 23.8 Å². The highest BCUT2D eigenvalue weighted by Gasteiger charge is 2.60. The van der Waals surface area contributed by atoms with Gasteiger partial charge in [-0.15, -0.1) is 0 Å². The van der Waals surface area contributed by atoms with Gasteiger partial charge in [0.15, 0.2) is 12.4 Å². The lowest BCUT2D eigenvalue weighted by molar-refractivity contribution is -0.378. The minimum atomic E-state index is -0.146. The number of carbonyl (C=O) groups is 1. The second kappa shape index (κ2) is 9.30. The van der Waals surface area contributed by atoms with Crippen LogP contribution >= 0.6 is 0 Å². The molecule has 0 aromatic carbocycles. The predicted molar refractivity (Wildman–Crippen MR) is 125 cm³/mol. The molecule has 4 aliphatic rings. The molecular weight excluding hydrogens is 434 g/mol. The van der Waals surface area contributed by atoms with Gasteiger partial charge in [0.25, 0.3) is 5.91 Å². The van der Waals surface area contributed by atoms with Gasteiger partial charge in [-0.3, -0.25) is 4.79 Å². The summed E-state index contributed by atoms with van der Waals surface area (Å²) in [6.45, 7) is 7.18. The molecule has 3 N–H and O–H groups in total. The summed E-state index contributed by atoms with van der Waals surface area (Å²) in [5.74, 6) is 3.42. The van der Waals surface area contributed by atoms with Crippen LogP contribution in [0.15, 0.2) is 29.6 Å². The molecule has 4 fully saturated rings. The number of aliphatic hydroxyl groups is 1. The first kappa shape index (κ1) is 24.7. The Balaban J connectivity index is 0.00000259. The maximum absolute atomic E-state index is 12.5. The molecule has 8 atom stereocenters. The van der Waals surface area contributed by atoms with Gasteiger partial charge >= 0.3 is 0 Å². The second-order valence-electron chi connectivity index (χ2n) is 11.7. The van der Waals surface area contributed by atoms with E-state index in [1.807, 2.05) is 0 Å². The number of aromatic nitrogens is 1. The predicted octanol–water partition coefficient (Wildman–Crippen LogP) is 1.63. The van der Waals surface area contributed by atoms with E-state index in [4.69, 9.17) is 0 Å². The Labute approximate surface area is 204 Å². The molecule has 0 spiro atoms. The first-order valence-electron chi connectivity index (χ1n) is 12.8. The number of halogens is 1. The van der Waals surface area contributed by atoms with E-state index >= 15 is 0 Å². The van der Waals surface area contributed by atoms with Gasteiger partial charge in [0.05, 0.1) is 11.7 Å². The number of rotatable bonds is 3. The molecule has 182 valence electrons. The number of hydrogen-bond donors (Lipinski definition) is 2. The average molecular weight is 474 g/mol. The molecule has 1 amide bonds. The Morgan fingerprint density at radius 2 is 1.73 bits per heavy atom. The third-order valence-electron chi connectivity index (χ3n) is 10.5. The number of nitrogens with zero attached hydrogens (tertiary/aromatic N) is 1. The summed E-state index contributed by atoms with van der Waals surface area (Å²) < 4.78 is 0. The van der Waals surface area contributed by atoms with E-state index in [1.165, 1.54) is 44.9 Å². The molecule has 0 radical (unpaired) electrons. The van der Waals surface area contributed by atoms with Gasteiger partial charge in [-0.25, -0.2) is 10.4 Å². The number of amides is 1. The SMILES string of the molecule is CC(=NNC(=O)c1cc[nH+]cc1)C1CCC2C3CC[C@H]4CC(O)CCC4(C)C3CCC12C.[Cl-]. The van der Waals surface area contributed by atoms with Crippen LogP contribution in [-0.2, 0) is 0 Å². The van der Waals surface area contributed by atoms with Gasteiger partial charge in [-0.2, -0.15) is 5.10 Å². The smallest absolute Gasteiger partial charge is 0.271 e. The molecule has 5 rings (SSSR count). The lowest BCUT2D eigenvalue weighted by Gasteiger charge is -2.61. The van der Waals surface area contributed by atoms with E-state index in [9.17, 15) is 9.90 Å². The van der Waals surface area contributed by atoms with E-state index < -0.39 is 0 Å². The number of aliphatic hydroxyl groups excluding tert-OH is 1. The van der Waals surface area contributed by atoms with Gasteiger partial charge in [-0.1, -0.05) is 13.8 Å². The van der Waals surface area contributed by atoms with Crippen molar-refractivity contribution in [1.29, 1.82) is 0 Å². The number of aromatic amines is 1. The van der Waals surface area contributed by atoms with Crippen LogP contribution in [0.25, 0.3) is 0 Å². The van der Waals surface area contributed by atoms with Crippen LogP contribution in [-0.4, -0.2) is 22.8 Å². The van der Waals surface area contributed by atoms with Crippen LogP contribution in [0.2, 0.25) is 0 Å². The normalized spacial score (nSPS) is 42.4. The molecule has 4 aliphatic carbocycles. The van der Waals surface area contributed by atoms with Gasteiger partial charge < -0.3 is 17.5 Å². The van der Waals surface area contributed by atoms with Crippen LogP contribution in [0.4, 0.5) is 0 Å². The van der Waals surface area contributed by atoms with Crippen LogP contribution in [0.5, 0.6) is 0 Å². The number of nitrogens with one attached hydrogen (secondary N) is 2. The fourth-order valence-corrected chi connectivity index (χ4v) is 8.74. The van der Waals surface area contributed by atoms with E-state index in [2.05, 4.69) is 36.3 Å². The molecule has 7 unspecified atom stereocenters. The number of carbonyl (C=O) groups excluding carboxylic acids is 1. The first-order valence-corrected chi connectivity index (χ1v) is 12.8. The Hall–Kier alpha value is -1.46. The first-order chi connectivity index (χ1) is 15.3. The van der Waals surface area contributed by atoms with Crippen LogP contribution in [0.3, 0.4) is 0 Å².